The van der Waals surface area contributed by atoms with Crippen molar-refractivity contribution in [3.63, 3.8) is 0 Å². The largest absolute Gasteiger partial charge is 0.480 e. The van der Waals surface area contributed by atoms with Crippen LogP contribution < -0.4 is 0 Å². The second kappa shape index (κ2) is 7.13. The summed E-state index contributed by atoms with van der Waals surface area (Å²) in [5, 5.41) is 9.44. The molecule has 0 aromatic carbocycles. The van der Waals surface area contributed by atoms with Gasteiger partial charge in [-0.25, -0.2) is 0 Å². The molecule has 1 rings (SSSR count). The molecule has 1 saturated heterocycles. The highest BCUT2D eigenvalue weighted by molar-refractivity contribution is 5.74. The number of unbranched alkanes of at least 4 members (excludes halogenated alkanes) is 4. The number of hydrogen-bond acceptors (Lipinski definition) is 2. The van der Waals surface area contributed by atoms with Gasteiger partial charge in [0, 0.05) is 0 Å². The Balaban J connectivity index is 2.44. The van der Waals surface area contributed by atoms with Crippen molar-refractivity contribution in [3.05, 3.63) is 0 Å². The lowest BCUT2D eigenvalue weighted by Gasteiger charge is -2.44. The molecule has 3 nitrogen and oxygen atoms in total. The standard InChI is InChI=1S/C15H29NO2/c1-4-5-6-7-8-11-16-12-9-10-15(2,3)13(16)14(17)18/h13H,4-12H2,1-3H3,(H,17,18). The summed E-state index contributed by atoms with van der Waals surface area (Å²) in [4.78, 5) is 13.7. The van der Waals surface area contributed by atoms with E-state index in [2.05, 4.69) is 25.7 Å². The van der Waals surface area contributed by atoms with E-state index in [0.717, 1.165) is 32.4 Å². The molecule has 0 aromatic rings. The molecule has 0 saturated carbocycles. The molecule has 1 aliphatic rings. The zero-order valence-corrected chi connectivity index (χ0v) is 12.2. The first kappa shape index (κ1) is 15.5. The molecule has 3 heteroatoms. The van der Waals surface area contributed by atoms with Gasteiger partial charge in [-0.2, -0.15) is 0 Å². The monoisotopic (exact) mass is 255 g/mol. The topological polar surface area (TPSA) is 40.5 Å². The highest BCUT2D eigenvalue weighted by Gasteiger charge is 2.41. The van der Waals surface area contributed by atoms with Gasteiger partial charge in [0.25, 0.3) is 0 Å². The zero-order chi connectivity index (χ0) is 13.6. The molecule has 1 N–H and O–H groups in total. The number of hydrogen-bond donors (Lipinski definition) is 1. The lowest BCUT2D eigenvalue weighted by atomic mass is 9.76. The van der Waals surface area contributed by atoms with E-state index in [9.17, 15) is 9.90 Å². The van der Waals surface area contributed by atoms with Crippen molar-refractivity contribution >= 4 is 5.97 Å². The van der Waals surface area contributed by atoms with Crippen LogP contribution in [0, 0.1) is 5.41 Å². The van der Waals surface area contributed by atoms with Crippen LogP contribution >= 0.6 is 0 Å². The molecular formula is C15H29NO2. The van der Waals surface area contributed by atoms with Crippen LogP contribution in [0.25, 0.3) is 0 Å². The maximum Gasteiger partial charge on any atom is 0.321 e. The van der Waals surface area contributed by atoms with Crippen LogP contribution in [0.4, 0.5) is 0 Å². The summed E-state index contributed by atoms with van der Waals surface area (Å²) < 4.78 is 0. The normalized spacial score (nSPS) is 24.1. The fraction of sp³-hybridized carbons (Fsp3) is 0.933. The average molecular weight is 255 g/mol. The molecule has 1 atom stereocenters. The highest BCUT2D eigenvalue weighted by Crippen LogP contribution is 2.35. The summed E-state index contributed by atoms with van der Waals surface area (Å²) in [6.07, 6.45) is 8.37. The van der Waals surface area contributed by atoms with E-state index in [-0.39, 0.29) is 11.5 Å². The Labute approximate surface area is 112 Å². The Morgan fingerprint density at radius 1 is 1.28 bits per heavy atom. The third-order valence-electron chi connectivity index (χ3n) is 4.15. The Bertz CT molecular complexity index is 263. The van der Waals surface area contributed by atoms with Crippen LogP contribution in [0.15, 0.2) is 0 Å². The minimum Gasteiger partial charge on any atom is -0.480 e. The lowest BCUT2D eigenvalue weighted by Crippen LogP contribution is -2.54. The molecule has 0 aliphatic carbocycles. The molecule has 0 aromatic heterocycles. The minimum absolute atomic E-state index is 0.0898. The summed E-state index contributed by atoms with van der Waals surface area (Å²) in [7, 11) is 0. The number of piperidine rings is 1. The SMILES string of the molecule is CCCCCCCN1CCCC(C)(C)C1C(=O)O. The average Bonchev–Trinajstić information content (AvgIpc) is 2.27. The van der Waals surface area contributed by atoms with Crippen molar-refractivity contribution in [1.82, 2.24) is 4.90 Å². The number of carbonyl (C=O) groups is 1. The first-order valence-corrected chi connectivity index (χ1v) is 7.46. The van der Waals surface area contributed by atoms with Gasteiger partial charge in [0.05, 0.1) is 0 Å². The Hall–Kier alpha value is -0.570. The van der Waals surface area contributed by atoms with Gasteiger partial charge in [-0.05, 0) is 37.8 Å². The maximum atomic E-state index is 11.5. The van der Waals surface area contributed by atoms with Crippen molar-refractivity contribution < 1.29 is 9.90 Å². The number of likely N-dealkylation sites (tertiary alicyclic amines) is 1. The Morgan fingerprint density at radius 3 is 2.56 bits per heavy atom. The van der Waals surface area contributed by atoms with Gasteiger partial charge >= 0.3 is 5.97 Å². The van der Waals surface area contributed by atoms with Gasteiger partial charge in [0.1, 0.15) is 6.04 Å². The maximum absolute atomic E-state index is 11.5. The third-order valence-corrected chi connectivity index (χ3v) is 4.15. The zero-order valence-electron chi connectivity index (χ0n) is 12.2. The number of carboxylic acids is 1. The van der Waals surface area contributed by atoms with Crippen molar-refractivity contribution in [2.24, 2.45) is 5.41 Å². The fourth-order valence-electron chi connectivity index (χ4n) is 3.15. The van der Waals surface area contributed by atoms with E-state index in [1.807, 2.05) is 0 Å². The summed E-state index contributed by atoms with van der Waals surface area (Å²) in [5.41, 5.74) is -0.0898. The van der Waals surface area contributed by atoms with Crippen molar-refractivity contribution in [2.45, 2.75) is 71.8 Å². The number of aliphatic carboxylic acids is 1. The number of rotatable bonds is 7. The molecule has 106 valence electrons. The first-order valence-electron chi connectivity index (χ1n) is 7.46. The van der Waals surface area contributed by atoms with Crippen LogP contribution in [-0.2, 0) is 4.79 Å². The predicted octanol–water partition coefficient (Wildman–Crippen LogP) is 3.53. The molecule has 1 aliphatic heterocycles. The van der Waals surface area contributed by atoms with Gasteiger partial charge in [-0.1, -0.05) is 46.5 Å². The molecule has 1 heterocycles. The summed E-state index contributed by atoms with van der Waals surface area (Å²) in [6.45, 7) is 8.30. The molecular weight excluding hydrogens is 226 g/mol. The van der Waals surface area contributed by atoms with E-state index >= 15 is 0 Å². The second-order valence-corrected chi connectivity index (χ2v) is 6.28. The van der Waals surface area contributed by atoms with Gasteiger partial charge in [0.15, 0.2) is 0 Å². The summed E-state index contributed by atoms with van der Waals surface area (Å²) >= 11 is 0. The van der Waals surface area contributed by atoms with Crippen molar-refractivity contribution in [2.75, 3.05) is 13.1 Å². The summed E-state index contributed by atoms with van der Waals surface area (Å²) in [6, 6.07) is -0.294. The molecule has 1 fully saturated rings. The lowest BCUT2D eigenvalue weighted by molar-refractivity contribution is -0.150. The van der Waals surface area contributed by atoms with Crippen LogP contribution in [0.5, 0.6) is 0 Å². The van der Waals surface area contributed by atoms with Crippen LogP contribution in [0.2, 0.25) is 0 Å². The fourth-order valence-corrected chi connectivity index (χ4v) is 3.15. The van der Waals surface area contributed by atoms with E-state index < -0.39 is 5.97 Å². The van der Waals surface area contributed by atoms with Crippen LogP contribution in [-0.4, -0.2) is 35.1 Å². The Kier molecular flexibility index (Phi) is 6.13. The quantitative estimate of drug-likeness (QED) is 0.707. The molecule has 0 bridgehead atoms. The molecule has 18 heavy (non-hydrogen) atoms. The van der Waals surface area contributed by atoms with Crippen molar-refractivity contribution in [1.29, 1.82) is 0 Å². The van der Waals surface area contributed by atoms with Gasteiger partial charge in [-0.3, -0.25) is 9.69 Å². The number of nitrogens with zero attached hydrogens (tertiary/aromatic N) is 1. The molecule has 1 unspecified atom stereocenters. The van der Waals surface area contributed by atoms with Gasteiger partial charge < -0.3 is 5.11 Å². The first-order chi connectivity index (χ1) is 8.49. The van der Waals surface area contributed by atoms with Gasteiger partial charge in [-0.15, -0.1) is 0 Å². The molecule has 0 amide bonds. The predicted molar refractivity (Wildman–Crippen MR) is 74.8 cm³/mol. The summed E-state index contributed by atoms with van der Waals surface area (Å²) in [5.74, 6) is -0.645. The van der Waals surface area contributed by atoms with E-state index in [0.29, 0.717) is 0 Å². The number of carboxylic acid groups (broad SMARTS) is 1. The van der Waals surface area contributed by atoms with Gasteiger partial charge in [0.2, 0.25) is 0 Å². The molecule has 0 spiro atoms. The van der Waals surface area contributed by atoms with Crippen LogP contribution in [0.1, 0.15) is 65.7 Å². The van der Waals surface area contributed by atoms with E-state index in [1.54, 1.807) is 0 Å². The second-order valence-electron chi connectivity index (χ2n) is 6.28. The Morgan fingerprint density at radius 2 is 1.94 bits per heavy atom. The third kappa shape index (κ3) is 4.27. The minimum atomic E-state index is -0.645. The highest BCUT2D eigenvalue weighted by atomic mass is 16.4. The smallest absolute Gasteiger partial charge is 0.321 e. The van der Waals surface area contributed by atoms with E-state index in [4.69, 9.17) is 0 Å². The van der Waals surface area contributed by atoms with E-state index in [1.165, 1.54) is 25.7 Å². The van der Waals surface area contributed by atoms with Crippen molar-refractivity contribution in [3.8, 4) is 0 Å². The van der Waals surface area contributed by atoms with Crippen LogP contribution in [0.3, 0.4) is 0 Å². The molecule has 0 radical (unpaired) electrons.